The van der Waals surface area contributed by atoms with Crippen LogP contribution in [0.15, 0.2) is 42.5 Å². The number of phenols is 1. The number of benzene rings is 2. The fourth-order valence-corrected chi connectivity index (χ4v) is 2.55. The van der Waals surface area contributed by atoms with Crippen molar-refractivity contribution in [3.05, 3.63) is 59.7 Å². The molecule has 0 saturated carbocycles. The lowest BCUT2D eigenvalue weighted by atomic mass is 10.1. The zero-order valence-corrected chi connectivity index (χ0v) is 15.3. The number of ether oxygens (including phenoxy) is 1. The van der Waals surface area contributed by atoms with Crippen LogP contribution in [0.4, 0.5) is 25.1 Å². The van der Waals surface area contributed by atoms with Crippen LogP contribution >= 0.6 is 0 Å². The number of carboxylic acid groups (broad SMARTS) is 1. The van der Waals surface area contributed by atoms with E-state index >= 15 is 0 Å². The summed E-state index contributed by atoms with van der Waals surface area (Å²) in [6, 6.07) is 8.42. The molecule has 1 aromatic heterocycles. The molecule has 1 heterocycles. The number of imide groups is 1. The van der Waals surface area contributed by atoms with Gasteiger partial charge in [-0.05, 0) is 30.3 Å². The lowest BCUT2D eigenvalue weighted by Crippen LogP contribution is -2.28. The normalized spacial score (nSPS) is 10.4. The molecule has 0 saturated heterocycles. The van der Waals surface area contributed by atoms with Gasteiger partial charge in [0.1, 0.15) is 23.1 Å². The third kappa shape index (κ3) is 4.58. The van der Waals surface area contributed by atoms with Crippen LogP contribution in [0.1, 0.15) is 10.4 Å². The second kappa shape index (κ2) is 8.39. The monoisotopic (exact) mass is 416 g/mol. The van der Waals surface area contributed by atoms with E-state index in [9.17, 15) is 23.5 Å². The summed E-state index contributed by atoms with van der Waals surface area (Å²) >= 11 is 0. The fourth-order valence-electron chi connectivity index (χ4n) is 2.55. The Kier molecular flexibility index (Phi) is 5.72. The number of aromatic hydroxyl groups is 1. The molecule has 11 heteroatoms. The molecule has 0 aliphatic rings. The lowest BCUT2D eigenvalue weighted by Gasteiger charge is -2.09. The molecular formula is C19H14F2N4O5. The second-order valence-corrected chi connectivity index (χ2v) is 5.92. The molecule has 3 aromatic rings. The van der Waals surface area contributed by atoms with Gasteiger partial charge in [-0.15, -0.1) is 10.2 Å². The fraction of sp³-hybridized carbons (Fsp3) is 0.0526. The van der Waals surface area contributed by atoms with E-state index in [1.165, 1.54) is 42.8 Å². The number of amides is 2. The van der Waals surface area contributed by atoms with Gasteiger partial charge in [0.2, 0.25) is 0 Å². The highest BCUT2D eigenvalue weighted by Gasteiger charge is 2.19. The SMILES string of the molecule is COc1cc(F)cc(Nc2ccc(-c3cc(O)c(C(=O)NC(=O)O)cc3F)nn2)c1. The summed E-state index contributed by atoms with van der Waals surface area (Å²) in [6.07, 6.45) is -1.64. The molecule has 0 aliphatic carbocycles. The van der Waals surface area contributed by atoms with Crippen molar-refractivity contribution in [1.82, 2.24) is 15.5 Å². The molecule has 0 unspecified atom stereocenters. The molecule has 0 fully saturated rings. The van der Waals surface area contributed by atoms with Crippen LogP contribution in [0.25, 0.3) is 11.3 Å². The van der Waals surface area contributed by atoms with Gasteiger partial charge in [-0.2, -0.15) is 0 Å². The van der Waals surface area contributed by atoms with Gasteiger partial charge in [0.25, 0.3) is 5.91 Å². The molecule has 9 nitrogen and oxygen atoms in total. The molecule has 0 spiro atoms. The summed E-state index contributed by atoms with van der Waals surface area (Å²) in [4.78, 5) is 22.2. The number of carbonyl (C=O) groups is 2. The van der Waals surface area contributed by atoms with Crippen molar-refractivity contribution in [3.63, 3.8) is 0 Å². The number of carbonyl (C=O) groups excluding carboxylic acids is 1. The van der Waals surface area contributed by atoms with E-state index in [4.69, 9.17) is 9.84 Å². The number of phenolic OH excluding ortho intramolecular Hbond substituents is 1. The summed E-state index contributed by atoms with van der Waals surface area (Å²) < 4.78 is 33.0. The van der Waals surface area contributed by atoms with Crippen LogP contribution in [-0.4, -0.2) is 39.5 Å². The molecular weight excluding hydrogens is 402 g/mol. The third-order valence-electron chi connectivity index (χ3n) is 3.87. The first-order valence-electron chi connectivity index (χ1n) is 8.29. The maximum absolute atomic E-state index is 14.4. The summed E-state index contributed by atoms with van der Waals surface area (Å²) in [5, 5.41) is 30.6. The van der Waals surface area contributed by atoms with E-state index in [2.05, 4.69) is 15.5 Å². The minimum absolute atomic E-state index is 0.0374. The Morgan fingerprint density at radius 2 is 1.83 bits per heavy atom. The van der Waals surface area contributed by atoms with Gasteiger partial charge in [-0.3, -0.25) is 10.1 Å². The highest BCUT2D eigenvalue weighted by atomic mass is 19.1. The van der Waals surface area contributed by atoms with Crippen molar-refractivity contribution in [2.45, 2.75) is 0 Å². The number of hydrogen-bond acceptors (Lipinski definition) is 7. The molecule has 3 rings (SSSR count). The van der Waals surface area contributed by atoms with Crippen LogP contribution in [-0.2, 0) is 0 Å². The first-order valence-corrected chi connectivity index (χ1v) is 8.29. The van der Waals surface area contributed by atoms with E-state index in [0.717, 1.165) is 6.07 Å². The topological polar surface area (TPSA) is 134 Å². The number of nitrogens with one attached hydrogen (secondary N) is 2. The number of nitrogens with zero attached hydrogens (tertiary/aromatic N) is 2. The molecule has 2 amide bonds. The second-order valence-electron chi connectivity index (χ2n) is 5.92. The lowest BCUT2D eigenvalue weighted by molar-refractivity contribution is 0.0945. The Labute approximate surface area is 168 Å². The van der Waals surface area contributed by atoms with Crippen LogP contribution in [0.2, 0.25) is 0 Å². The predicted molar refractivity (Wildman–Crippen MR) is 101 cm³/mol. The van der Waals surface area contributed by atoms with E-state index in [0.29, 0.717) is 17.5 Å². The Morgan fingerprint density at radius 3 is 2.47 bits per heavy atom. The van der Waals surface area contributed by atoms with Crippen molar-refractivity contribution < 1.29 is 33.3 Å². The first-order chi connectivity index (χ1) is 14.3. The van der Waals surface area contributed by atoms with Gasteiger partial charge in [-0.1, -0.05) is 0 Å². The van der Waals surface area contributed by atoms with E-state index in [1.54, 1.807) is 0 Å². The van der Waals surface area contributed by atoms with Crippen LogP contribution in [0, 0.1) is 11.6 Å². The van der Waals surface area contributed by atoms with Crippen molar-refractivity contribution in [3.8, 4) is 22.8 Å². The minimum atomic E-state index is -1.64. The molecule has 154 valence electrons. The average Bonchev–Trinajstić information content (AvgIpc) is 2.69. The summed E-state index contributed by atoms with van der Waals surface area (Å²) in [7, 11) is 1.40. The molecule has 30 heavy (non-hydrogen) atoms. The minimum Gasteiger partial charge on any atom is -0.507 e. The Hall–Kier alpha value is -4.28. The number of methoxy groups -OCH3 is 1. The number of anilines is 2. The molecule has 0 aliphatic heterocycles. The van der Waals surface area contributed by atoms with Crippen molar-refractivity contribution in [2.24, 2.45) is 0 Å². The van der Waals surface area contributed by atoms with Crippen LogP contribution in [0.3, 0.4) is 0 Å². The largest absolute Gasteiger partial charge is 0.507 e. The molecule has 0 radical (unpaired) electrons. The third-order valence-corrected chi connectivity index (χ3v) is 3.87. The quantitative estimate of drug-likeness (QED) is 0.498. The number of halogens is 2. The van der Waals surface area contributed by atoms with Gasteiger partial charge in [0, 0.05) is 23.4 Å². The average molecular weight is 416 g/mol. The molecule has 0 atom stereocenters. The van der Waals surface area contributed by atoms with Gasteiger partial charge in [0.15, 0.2) is 5.82 Å². The summed E-state index contributed by atoms with van der Waals surface area (Å²) in [5.74, 6) is -2.73. The van der Waals surface area contributed by atoms with E-state index in [1.807, 2.05) is 0 Å². The smallest absolute Gasteiger partial charge is 0.411 e. The van der Waals surface area contributed by atoms with Crippen LogP contribution < -0.4 is 15.4 Å². The zero-order valence-electron chi connectivity index (χ0n) is 15.3. The summed E-state index contributed by atoms with van der Waals surface area (Å²) in [6.45, 7) is 0. The van der Waals surface area contributed by atoms with Crippen molar-refractivity contribution in [2.75, 3.05) is 12.4 Å². The molecule has 0 bridgehead atoms. The van der Waals surface area contributed by atoms with Gasteiger partial charge in [0.05, 0.1) is 18.4 Å². The predicted octanol–water partition coefficient (Wildman–Crippen LogP) is 3.29. The van der Waals surface area contributed by atoms with Crippen LogP contribution in [0.5, 0.6) is 11.5 Å². The molecule has 4 N–H and O–H groups in total. The van der Waals surface area contributed by atoms with E-state index < -0.39 is 34.9 Å². The van der Waals surface area contributed by atoms with Gasteiger partial charge < -0.3 is 20.3 Å². The van der Waals surface area contributed by atoms with E-state index in [-0.39, 0.29) is 17.1 Å². The number of hydrogen-bond donors (Lipinski definition) is 4. The standard InChI is InChI=1S/C19H14F2N4O5/c1-30-11-5-9(20)4-10(6-11)22-17-3-2-15(24-25-17)12-8-16(26)13(7-14(12)21)18(27)23-19(28)29/h2-8,26H,1H3,(H,22,25)(H,23,27)(H,28,29). The molecule has 2 aromatic carbocycles. The highest BCUT2D eigenvalue weighted by Crippen LogP contribution is 2.29. The highest BCUT2D eigenvalue weighted by molar-refractivity contribution is 6.04. The van der Waals surface area contributed by atoms with Crippen molar-refractivity contribution in [1.29, 1.82) is 0 Å². The van der Waals surface area contributed by atoms with Crippen molar-refractivity contribution >= 4 is 23.5 Å². The first kappa shape index (κ1) is 20.5. The zero-order chi connectivity index (χ0) is 21.8. The maximum Gasteiger partial charge on any atom is 0.411 e. The maximum atomic E-state index is 14.4. The number of aromatic nitrogens is 2. The van der Waals surface area contributed by atoms with Gasteiger partial charge in [-0.25, -0.2) is 13.6 Å². The Balaban J connectivity index is 1.84. The Morgan fingerprint density at radius 1 is 1.07 bits per heavy atom. The summed E-state index contributed by atoms with van der Waals surface area (Å²) in [5.41, 5.74) is -0.322. The Bertz CT molecular complexity index is 1120. The number of rotatable bonds is 5. The van der Waals surface area contributed by atoms with Gasteiger partial charge >= 0.3 is 6.09 Å².